The lowest BCUT2D eigenvalue weighted by Gasteiger charge is -2.08. The minimum absolute atomic E-state index is 0.0934. The Kier molecular flexibility index (Phi) is 2.58. The Morgan fingerprint density at radius 2 is 2.44 bits per heavy atom. The average molecular weight is 219 g/mol. The van der Waals surface area contributed by atoms with Crippen LogP contribution in [0.5, 0.6) is 0 Å². The van der Waals surface area contributed by atoms with E-state index in [1.165, 1.54) is 0 Å². The van der Waals surface area contributed by atoms with E-state index < -0.39 is 0 Å². The molecule has 0 bridgehead atoms. The number of hydrogen-bond acceptors (Lipinski definition) is 3. The number of carbonyl (C=O) groups excluding carboxylic acids is 1. The van der Waals surface area contributed by atoms with Crippen molar-refractivity contribution in [3.8, 4) is 0 Å². The molecular weight excluding hydrogens is 202 g/mol. The smallest absolute Gasteiger partial charge is 0.228 e. The highest BCUT2D eigenvalue weighted by Gasteiger charge is 2.52. The highest BCUT2D eigenvalue weighted by Crippen LogP contribution is 2.55. The Labute approximate surface area is 95.3 Å². The van der Waals surface area contributed by atoms with Crippen LogP contribution in [0.3, 0.4) is 0 Å². The first-order chi connectivity index (χ1) is 7.55. The molecule has 1 amide bonds. The van der Waals surface area contributed by atoms with Gasteiger partial charge in [-0.2, -0.15) is 0 Å². The normalized spacial score (nSPS) is 27.5. The van der Waals surface area contributed by atoms with Gasteiger partial charge in [-0.1, -0.05) is 13.8 Å². The molecule has 0 aliphatic heterocycles. The van der Waals surface area contributed by atoms with Crippen LogP contribution in [-0.4, -0.2) is 10.9 Å². The van der Waals surface area contributed by atoms with Crippen molar-refractivity contribution in [3.63, 3.8) is 0 Å². The third-order valence-electron chi connectivity index (χ3n) is 3.53. The molecule has 16 heavy (non-hydrogen) atoms. The zero-order valence-electron chi connectivity index (χ0n) is 9.66. The number of rotatable bonds is 3. The first kappa shape index (κ1) is 10.9. The van der Waals surface area contributed by atoms with Crippen LogP contribution in [0.25, 0.3) is 0 Å². The Hall–Kier alpha value is -1.58. The van der Waals surface area contributed by atoms with Crippen molar-refractivity contribution < 1.29 is 4.79 Å². The van der Waals surface area contributed by atoms with Crippen molar-refractivity contribution in [2.24, 2.45) is 11.3 Å². The molecule has 0 spiro atoms. The van der Waals surface area contributed by atoms with E-state index in [9.17, 15) is 4.79 Å². The van der Waals surface area contributed by atoms with Gasteiger partial charge in [0.25, 0.3) is 0 Å². The molecule has 1 aromatic rings. The summed E-state index contributed by atoms with van der Waals surface area (Å²) in [5.74, 6) is 0.703. The molecule has 86 valence electrons. The Morgan fingerprint density at radius 1 is 1.69 bits per heavy atom. The molecule has 3 N–H and O–H groups in total. The highest BCUT2D eigenvalue weighted by atomic mass is 16.2. The molecule has 4 heteroatoms. The standard InChI is InChI=1S/C12H17N3O/c1-3-12(2)6-9(12)11(16)15-8-4-5-10(13)14-7-8/h4-5,7,9H,3,6H2,1-2H3,(H2,13,14)(H,15,16). The van der Waals surface area contributed by atoms with E-state index in [0.29, 0.717) is 11.5 Å². The molecule has 1 aromatic heterocycles. The predicted molar refractivity (Wildman–Crippen MR) is 63.8 cm³/mol. The predicted octanol–water partition coefficient (Wildman–Crippen LogP) is 2.04. The van der Waals surface area contributed by atoms with Crippen molar-refractivity contribution >= 4 is 17.4 Å². The number of carbonyl (C=O) groups is 1. The quantitative estimate of drug-likeness (QED) is 0.817. The van der Waals surface area contributed by atoms with E-state index in [1.807, 2.05) is 0 Å². The summed E-state index contributed by atoms with van der Waals surface area (Å²) in [6, 6.07) is 3.45. The SMILES string of the molecule is CCC1(C)CC1C(=O)Nc1ccc(N)nc1. The number of amides is 1. The maximum absolute atomic E-state index is 11.9. The maximum Gasteiger partial charge on any atom is 0.228 e. The summed E-state index contributed by atoms with van der Waals surface area (Å²) in [6.07, 6.45) is 3.61. The summed E-state index contributed by atoms with van der Waals surface area (Å²) in [7, 11) is 0. The van der Waals surface area contributed by atoms with Crippen molar-refractivity contribution in [1.29, 1.82) is 0 Å². The fraction of sp³-hybridized carbons (Fsp3) is 0.500. The van der Waals surface area contributed by atoms with Gasteiger partial charge in [0, 0.05) is 5.92 Å². The molecule has 0 radical (unpaired) electrons. The van der Waals surface area contributed by atoms with Crippen LogP contribution in [-0.2, 0) is 4.79 Å². The van der Waals surface area contributed by atoms with Gasteiger partial charge in [-0.05, 0) is 30.4 Å². The van der Waals surface area contributed by atoms with Gasteiger partial charge in [0.05, 0.1) is 11.9 Å². The van der Waals surface area contributed by atoms with Crippen LogP contribution in [0.1, 0.15) is 26.7 Å². The lowest BCUT2D eigenvalue weighted by molar-refractivity contribution is -0.118. The van der Waals surface area contributed by atoms with Gasteiger partial charge in [0.15, 0.2) is 0 Å². The van der Waals surface area contributed by atoms with E-state index in [2.05, 4.69) is 24.1 Å². The third-order valence-corrected chi connectivity index (χ3v) is 3.53. The highest BCUT2D eigenvalue weighted by molar-refractivity contribution is 5.94. The van der Waals surface area contributed by atoms with Gasteiger partial charge in [0.2, 0.25) is 5.91 Å². The molecule has 0 saturated heterocycles. The zero-order valence-corrected chi connectivity index (χ0v) is 9.66. The number of aromatic nitrogens is 1. The van der Waals surface area contributed by atoms with Gasteiger partial charge in [-0.25, -0.2) is 4.98 Å². The first-order valence-corrected chi connectivity index (χ1v) is 5.57. The Balaban J connectivity index is 1.96. The second-order valence-corrected chi connectivity index (χ2v) is 4.73. The summed E-state index contributed by atoms with van der Waals surface area (Å²) >= 11 is 0. The fourth-order valence-electron chi connectivity index (χ4n) is 1.92. The van der Waals surface area contributed by atoms with Crippen LogP contribution in [0, 0.1) is 11.3 Å². The van der Waals surface area contributed by atoms with Crippen LogP contribution in [0.4, 0.5) is 11.5 Å². The fourth-order valence-corrected chi connectivity index (χ4v) is 1.92. The van der Waals surface area contributed by atoms with Gasteiger partial charge in [-0.3, -0.25) is 4.79 Å². The largest absolute Gasteiger partial charge is 0.384 e. The second-order valence-electron chi connectivity index (χ2n) is 4.73. The minimum Gasteiger partial charge on any atom is -0.384 e. The van der Waals surface area contributed by atoms with E-state index in [0.717, 1.165) is 12.8 Å². The molecule has 2 unspecified atom stereocenters. The molecule has 2 atom stereocenters. The van der Waals surface area contributed by atoms with E-state index >= 15 is 0 Å². The molecule has 1 fully saturated rings. The lowest BCUT2D eigenvalue weighted by atomic mass is 10.0. The molecule has 1 aliphatic rings. The molecule has 1 saturated carbocycles. The Morgan fingerprint density at radius 3 is 2.94 bits per heavy atom. The second kappa shape index (κ2) is 3.77. The van der Waals surface area contributed by atoms with Crippen LogP contribution in [0.15, 0.2) is 18.3 Å². The van der Waals surface area contributed by atoms with Crippen molar-refractivity contribution in [2.75, 3.05) is 11.1 Å². The minimum atomic E-state index is 0.0934. The molecular formula is C12H17N3O. The summed E-state index contributed by atoms with van der Waals surface area (Å²) in [5, 5.41) is 2.86. The molecule has 2 rings (SSSR count). The average Bonchev–Trinajstić information content (AvgIpc) is 2.95. The van der Waals surface area contributed by atoms with Crippen molar-refractivity contribution in [2.45, 2.75) is 26.7 Å². The van der Waals surface area contributed by atoms with E-state index in [4.69, 9.17) is 5.73 Å². The zero-order chi connectivity index (χ0) is 11.8. The lowest BCUT2D eigenvalue weighted by Crippen LogP contribution is -2.17. The molecule has 1 aliphatic carbocycles. The van der Waals surface area contributed by atoms with E-state index in [1.54, 1.807) is 18.3 Å². The summed E-state index contributed by atoms with van der Waals surface area (Å²) in [4.78, 5) is 15.8. The number of hydrogen-bond donors (Lipinski definition) is 2. The van der Waals surface area contributed by atoms with Crippen molar-refractivity contribution in [1.82, 2.24) is 4.98 Å². The summed E-state index contributed by atoms with van der Waals surface area (Å²) < 4.78 is 0. The van der Waals surface area contributed by atoms with Crippen molar-refractivity contribution in [3.05, 3.63) is 18.3 Å². The Bertz CT molecular complexity index is 401. The number of anilines is 2. The third kappa shape index (κ3) is 2.01. The topological polar surface area (TPSA) is 68.0 Å². The maximum atomic E-state index is 11.9. The number of nitrogen functional groups attached to an aromatic ring is 1. The van der Waals surface area contributed by atoms with Gasteiger partial charge < -0.3 is 11.1 Å². The first-order valence-electron chi connectivity index (χ1n) is 5.57. The van der Waals surface area contributed by atoms with Crippen LogP contribution < -0.4 is 11.1 Å². The number of nitrogens with one attached hydrogen (secondary N) is 1. The number of pyridine rings is 1. The summed E-state index contributed by atoms with van der Waals surface area (Å²) in [5.41, 5.74) is 6.38. The number of nitrogens with two attached hydrogens (primary N) is 1. The molecule has 1 heterocycles. The van der Waals surface area contributed by atoms with Gasteiger partial charge in [0.1, 0.15) is 5.82 Å². The van der Waals surface area contributed by atoms with Gasteiger partial charge >= 0.3 is 0 Å². The van der Waals surface area contributed by atoms with Gasteiger partial charge in [-0.15, -0.1) is 0 Å². The van der Waals surface area contributed by atoms with E-state index in [-0.39, 0.29) is 17.2 Å². The molecule has 0 aromatic carbocycles. The number of nitrogens with zero attached hydrogens (tertiary/aromatic N) is 1. The summed E-state index contributed by atoms with van der Waals surface area (Å²) in [6.45, 7) is 4.27. The van der Waals surface area contributed by atoms with Crippen LogP contribution in [0.2, 0.25) is 0 Å². The monoisotopic (exact) mass is 219 g/mol. The van der Waals surface area contributed by atoms with Crippen LogP contribution >= 0.6 is 0 Å². The molecule has 4 nitrogen and oxygen atoms in total.